The molecule has 0 spiro atoms. The highest BCUT2D eigenvalue weighted by molar-refractivity contribution is 6.30. The number of halogens is 1. The van der Waals surface area contributed by atoms with Crippen molar-refractivity contribution in [1.29, 1.82) is 0 Å². The van der Waals surface area contributed by atoms with Crippen LogP contribution >= 0.6 is 11.6 Å². The number of ketones is 1. The van der Waals surface area contributed by atoms with E-state index >= 15 is 0 Å². The van der Waals surface area contributed by atoms with Crippen LogP contribution in [0.3, 0.4) is 0 Å². The Bertz CT molecular complexity index is 950. The summed E-state index contributed by atoms with van der Waals surface area (Å²) >= 11 is 5.80. The van der Waals surface area contributed by atoms with Crippen LogP contribution in [0.1, 0.15) is 21.5 Å². The number of carbonyl (C=O) groups excluding carboxylic acids is 2. The molecule has 3 aromatic rings. The van der Waals surface area contributed by atoms with Gasteiger partial charge in [0.2, 0.25) is 0 Å². The van der Waals surface area contributed by atoms with Gasteiger partial charge in [-0.25, -0.2) is 4.79 Å². The van der Waals surface area contributed by atoms with Gasteiger partial charge >= 0.3 is 5.97 Å². The van der Waals surface area contributed by atoms with Crippen molar-refractivity contribution in [1.82, 2.24) is 0 Å². The average molecular weight is 381 g/mol. The van der Waals surface area contributed by atoms with E-state index in [-0.39, 0.29) is 12.4 Å². The highest BCUT2D eigenvalue weighted by Crippen LogP contribution is 2.21. The van der Waals surface area contributed by atoms with Gasteiger partial charge in [0.1, 0.15) is 11.5 Å². The summed E-state index contributed by atoms with van der Waals surface area (Å²) in [5, 5.41) is 0.589. The van der Waals surface area contributed by atoms with Gasteiger partial charge < -0.3 is 9.47 Å². The number of aryl methyl sites for hydroxylation is 1. The van der Waals surface area contributed by atoms with Gasteiger partial charge in [-0.2, -0.15) is 0 Å². The second kappa shape index (κ2) is 8.52. The van der Waals surface area contributed by atoms with Crippen LogP contribution in [0.15, 0.2) is 72.8 Å². The SMILES string of the molecule is Cc1cc(C(=O)c2ccccc2)ccc1OC(=O)COc1ccc(Cl)cc1. The Kier molecular flexibility index (Phi) is 5.89. The van der Waals surface area contributed by atoms with E-state index in [1.165, 1.54) is 0 Å². The van der Waals surface area contributed by atoms with Crippen molar-refractivity contribution in [3.05, 3.63) is 94.5 Å². The maximum atomic E-state index is 12.5. The molecule has 3 rings (SSSR count). The number of rotatable bonds is 6. The molecule has 0 saturated heterocycles. The first-order chi connectivity index (χ1) is 13.0. The third-order valence-electron chi connectivity index (χ3n) is 3.87. The van der Waals surface area contributed by atoms with Gasteiger partial charge in [-0.3, -0.25) is 4.79 Å². The molecule has 0 aliphatic heterocycles. The fourth-order valence-electron chi connectivity index (χ4n) is 2.49. The first kappa shape index (κ1) is 18.7. The molecule has 0 aliphatic rings. The molecule has 0 aromatic heterocycles. The fourth-order valence-corrected chi connectivity index (χ4v) is 2.61. The van der Waals surface area contributed by atoms with Crippen LogP contribution in [-0.2, 0) is 4.79 Å². The minimum atomic E-state index is -0.532. The van der Waals surface area contributed by atoms with E-state index in [1.54, 1.807) is 61.5 Å². The summed E-state index contributed by atoms with van der Waals surface area (Å²) in [6.07, 6.45) is 0. The van der Waals surface area contributed by atoms with Crippen LogP contribution in [0, 0.1) is 6.92 Å². The first-order valence-electron chi connectivity index (χ1n) is 8.32. The summed E-state index contributed by atoms with van der Waals surface area (Å²) in [6, 6.07) is 20.7. The normalized spacial score (nSPS) is 10.3. The molecule has 0 N–H and O–H groups in total. The Labute approximate surface area is 162 Å². The number of benzene rings is 3. The van der Waals surface area contributed by atoms with Gasteiger partial charge in [-0.05, 0) is 55.0 Å². The molecule has 3 aromatic carbocycles. The summed E-state index contributed by atoms with van der Waals surface area (Å²) in [5.41, 5.74) is 1.84. The minimum absolute atomic E-state index is 0.0809. The summed E-state index contributed by atoms with van der Waals surface area (Å²) in [6.45, 7) is 1.55. The predicted octanol–water partition coefficient (Wildman–Crippen LogP) is 4.86. The number of ether oxygens (including phenoxy) is 2. The lowest BCUT2D eigenvalue weighted by Gasteiger charge is -2.10. The molecule has 0 saturated carbocycles. The van der Waals surface area contributed by atoms with E-state index in [4.69, 9.17) is 21.1 Å². The minimum Gasteiger partial charge on any atom is -0.482 e. The third kappa shape index (κ3) is 4.96. The molecule has 0 fully saturated rings. The molecule has 0 aliphatic carbocycles. The monoisotopic (exact) mass is 380 g/mol. The van der Waals surface area contributed by atoms with Gasteiger partial charge in [0.15, 0.2) is 12.4 Å². The molecule has 4 nitrogen and oxygen atoms in total. The maximum Gasteiger partial charge on any atom is 0.349 e. The van der Waals surface area contributed by atoms with E-state index in [1.807, 2.05) is 18.2 Å². The number of carbonyl (C=O) groups is 2. The fraction of sp³-hybridized carbons (Fsp3) is 0.0909. The molecule has 0 amide bonds. The van der Waals surface area contributed by atoms with E-state index < -0.39 is 5.97 Å². The zero-order chi connectivity index (χ0) is 19.2. The molecule has 136 valence electrons. The van der Waals surface area contributed by atoms with Crippen molar-refractivity contribution in [2.45, 2.75) is 6.92 Å². The molecular formula is C22H17ClO4. The van der Waals surface area contributed by atoms with Gasteiger partial charge in [-0.15, -0.1) is 0 Å². The average Bonchev–Trinajstić information content (AvgIpc) is 2.69. The Balaban J connectivity index is 1.62. The summed E-state index contributed by atoms with van der Waals surface area (Å²) < 4.78 is 10.7. The Hall–Kier alpha value is -3.11. The highest BCUT2D eigenvalue weighted by atomic mass is 35.5. The summed E-state index contributed by atoms with van der Waals surface area (Å²) in [7, 11) is 0. The second-order valence-electron chi connectivity index (χ2n) is 5.89. The predicted molar refractivity (Wildman–Crippen MR) is 104 cm³/mol. The van der Waals surface area contributed by atoms with E-state index in [0.29, 0.717) is 33.2 Å². The molecular weight excluding hydrogens is 364 g/mol. The van der Waals surface area contributed by atoms with Crippen molar-refractivity contribution < 1.29 is 19.1 Å². The quantitative estimate of drug-likeness (QED) is 0.348. The van der Waals surface area contributed by atoms with Crippen LogP contribution in [-0.4, -0.2) is 18.4 Å². The van der Waals surface area contributed by atoms with Crippen LogP contribution < -0.4 is 9.47 Å². The lowest BCUT2D eigenvalue weighted by atomic mass is 10.0. The largest absolute Gasteiger partial charge is 0.482 e. The molecule has 5 heteroatoms. The maximum absolute atomic E-state index is 12.5. The number of hydrogen-bond acceptors (Lipinski definition) is 4. The van der Waals surface area contributed by atoms with Gasteiger partial charge in [0.25, 0.3) is 0 Å². The first-order valence-corrected chi connectivity index (χ1v) is 8.70. The molecule has 0 radical (unpaired) electrons. The molecule has 0 unspecified atom stereocenters. The second-order valence-corrected chi connectivity index (χ2v) is 6.33. The van der Waals surface area contributed by atoms with Gasteiger partial charge in [-0.1, -0.05) is 41.9 Å². The summed E-state index contributed by atoms with van der Waals surface area (Å²) in [5.74, 6) is 0.305. The molecule has 0 bridgehead atoms. The number of esters is 1. The van der Waals surface area contributed by atoms with Crippen LogP contribution in [0.4, 0.5) is 0 Å². The third-order valence-corrected chi connectivity index (χ3v) is 4.12. The van der Waals surface area contributed by atoms with E-state index in [0.717, 1.165) is 0 Å². The van der Waals surface area contributed by atoms with Crippen LogP contribution in [0.25, 0.3) is 0 Å². The van der Waals surface area contributed by atoms with Crippen LogP contribution in [0.5, 0.6) is 11.5 Å². The standard InChI is InChI=1S/C22H17ClO4/c1-15-13-17(22(25)16-5-3-2-4-6-16)7-12-20(15)27-21(24)14-26-19-10-8-18(23)9-11-19/h2-13H,14H2,1H3. The van der Waals surface area contributed by atoms with Crippen LogP contribution in [0.2, 0.25) is 5.02 Å². The van der Waals surface area contributed by atoms with Crippen molar-refractivity contribution in [2.24, 2.45) is 0 Å². The van der Waals surface area contributed by atoms with Crippen molar-refractivity contribution in [2.75, 3.05) is 6.61 Å². The number of hydrogen-bond donors (Lipinski definition) is 0. The lowest BCUT2D eigenvalue weighted by Crippen LogP contribution is -2.18. The van der Waals surface area contributed by atoms with Crippen molar-refractivity contribution >= 4 is 23.4 Å². The van der Waals surface area contributed by atoms with Gasteiger partial charge in [0, 0.05) is 16.1 Å². The molecule has 27 heavy (non-hydrogen) atoms. The Morgan fingerprint density at radius 1 is 0.889 bits per heavy atom. The van der Waals surface area contributed by atoms with Crippen molar-refractivity contribution in [3.8, 4) is 11.5 Å². The lowest BCUT2D eigenvalue weighted by molar-refractivity contribution is -0.136. The zero-order valence-corrected chi connectivity index (χ0v) is 15.4. The molecule has 0 heterocycles. The van der Waals surface area contributed by atoms with Crippen molar-refractivity contribution in [3.63, 3.8) is 0 Å². The molecule has 0 atom stereocenters. The Morgan fingerprint density at radius 2 is 1.59 bits per heavy atom. The van der Waals surface area contributed by atoms with Gasteiger partial charge in [0.05, 0.1) is 0 Å². The Morgan fingerprint density at radius 3 is 2.26 bits per heavy atom. The summed E-state index contributed by atoms with van der Waals surface area (Å²) in [4.78, 5) is 24.5. The smallest absolute Gasteiger partial charge is 0.349 e. The van der Waals surface area contributed by atoms with E-state index in [2.05, 4.69) is 0 Å². The topological polar surface area (TPSA) is 52.6 Å². The zero-order valence-electron chi connectivity index (χ0n) is 14.6. The van der Waals surface area contributed by atoms with E-state index in [9.17, 15) is 9.59 Å². The highest BCUT2D eigenvalue weighted by Gasteiger charge is 2.13.